The van der Waals surface area contributed by atoms with E-state index in [1.165, 1.54) is 0 Å². The molecule has 0 fully saturated rings. The van der Waals surface area contributed by atoms with Crippen LogP contribution in [0.4, 0.5) is 30.7 Å². The van der Waals surface area contributed by atoms with Crippen molar-refractivity contribution in [3.63, 3.8) is 0 Å². The zero-order valence-corrected chi connectivity index (χ0v) is 8.05. The lowest BCUT2D eigenvalue weighted by atomic mass is 10.0. The highest BCUT2D eigenvalue weighted by atomic mass is 32.2. The van der Waals surface area contributed by atoms with E-state index in [1.54, 1.807) is 0 Å². The van der Waals surface area contributed by atoms with Gasteiger partial charge in [-0.1, -0.05) is 0 Å². The maximum absolute atomic E-state index is 12.7. The van der Waals surface area contributed by atoms with E-state index in [2.05, 4.69) is 0 Å². The first kappa shape index (κ1) is 15.4. The number of halogens is 7. The van der Waals surface area contributed by atoms with E-state index in [-0.39, 0.29) is 0 Å². The molecule has 0 aromatic rings. The highest BCUT2D eigenvalue weighted by Crippen LogP contribution is 2.48. The van der Waals surface area contributed by atoms with Gasteiger partial charge in [-0.15, -0.1) is 0 Å². The van der Waals surface area contributed by atoms with Gasteiger partial charge in [0.15, 0.2) is 0 Å². The summed E-state index contributed by atoms with van der Waals surface area (Å²) in [4.78, 5) is 0. The lowest BCUT2D eigenvalue weighted by molar-refractivity contribution is -0.341. The van der Waals surface area contributed by atoms with Crippen LogP contribution in [0.5, 0.6) is 0 Å². The summed E-state index contributed by atoms with van der Waals surface area (Å²) in [5, 5.41) is 0. The quantitative estimate of drug-likeness (QED) is 0.635. The fourth-order valence-corrected chi connectivity index (χ4v) is 1.25. The fourth-order valence-electron chi connectivity index (χ4n) is 0.714. The predicted molar refractivity (Wildman–Crippen MR) is 37.0 cm³/mol. The van der Waals surface area contributed by atoms with Gasteiger partial charge in [0.2, 0.25) is 0 Å². The molecule has 0 saturated carbocycles. The van der Waals surface area contributed by atoms with Crippen LogP contribution in [0.25, 0.3) is 0 Å². The third-order valence-corrected chi connectivity index (χ3v) is 2.32. The van der Waals surface area contributed by atoms with Gasteiger partial charge in [0.05, 0.1) is 5.75 Å². The molecule has 0 saturated heterocycles. The van der Waals surface area contributed by atoms with Crippen molar-refractivity contribution in [2.24, 2.45) is 0 Å². The number of alkyl halides is 7. The smallest absolute Gasteiger partial charge is 0.286 e. The number of rotatable bonds is 3. The van der Waals surface area contributed by atoms with Crippen LogP contribution < -0.4 is 0 Å². The van der Waals surface area contributed by atoms with E-state index >= 15 is 0 Å². The summed E-state index contributed by atoms with van der Waals surface area (Å²) in [7, 11) is -5.12. The Morgan fingerprint density at radius 3 is 1.38 bits per heavy atom. The van der Waals surface area contributed by atoms with Gasteiger partial charge >= 0.3 is 12.4 Å². The number of hydrogen-bond acceptors (Lipinski definition) is 2. The van der Waals surface area contributed by atoms with Gasteiger partial charge in [-0.05, 0) is 0 Å². The molecule has 0 atom stereocenters. The minimum atomic E-state index is -6.31. The minimum Gasteiger partial charge on any atom is -0.286 e. The standard InChI is InChI=1S/C5H5F7O3S/c6-3(4(7,8)9,5(10,11)12)1-2-16(13,14)15/h1-2H2,(H,13,14,15). The highest BCUT2D eigenvalue weighted by molar-refractivity contribution is 7.85. The molecule has 0 amide bonds. The third-order valence-electron chi connectivity index (χ3n) is 1.60. The Morgan fingerprint density at radius 1 is 0.875 bits per heavy atom. The van der Waals surface area contributed by atoms with Gasteiger partial charge in [0, 0.05) is 6.42 Å². The molecule has 0 radical (unpaired) electrons. The van der Waals surface area contributed by atoms with E-state index in [0.717, 1.165) is 0 Å². The molecule has 1 N–H and O–H groups in total. The van der Waals surface area contributed by atoms with Crippen LogP contribution in [0.3, 0.4) is 0 Å². The minimum absolute atomic E-state index is 1.98. The third kappa shape index (κ3) is 3.47. The molecule has 11 heteroatoms. The summed E-state index contributed by atoms with van der Waals surface area (Å²) in [6, 6.07) is 0. The van der Waals surface area contributed by atoms with Gasteiger partial charge in [-0.2, -0.15) is 34.8 Å². The van der Waals surface area contributed by atoms with Crippen molar-refractivity contribution in [1.82, 2.24) is 0 Å². The Hall–Kier alpha value is -0.580. The molecule has 0 heterocycles. The molecule has 0 bridgehead atoms. The normalized spacial score (nSPS) is 15.2. The molecule has 0 aliphatic heterocycles. The van der Waals surface area contributed by atoms with Crippen LogP contribution in [0.2, 0.25) is 0 Å². The van der Waals surface area contributed by atoms with Crippen LogP contribution in [-0.2, 0) is 10.1 Å². The monoisotopic (exact) mass is 278 g/mol. The zero-order valence-electron chi connectivity index (χ0n) is 7.23. The molecule has 98 valence electrons. The Balaban J connectivity index is 5.15. The lowest BCUT2D eigenvalue weighted by Crippen LogP contribution is -2.54. The summed E-state index contributed by atoms with van der Waals surface area (Å²) in [6.45, 7) is 0. The van der Waals surface area contributed by atoms with Crippen LogP contribution in [0, 0.1) is 0 Å². The maximum Gasteiger partial charge on any atom is 0.431 e. The molecule has 3 nitrogen and oxygen atoms in total. The van der Waals surface area contributed by atoms with Crippen molar-refractivity contribution < 1.29 is 43.7 Å². The SMILES string of the molecule is O=S(=O)(O)CCC(F)(C(F)(F)F)C(F)(F)F. The Labute approximate surface area is 85.0 Å². The van der Waals surface area contributed by atoms with Crippen molar-refractivity contribution >= 4 is 10.1 Å². The van der Waals surface area contributed by atoms with E-state index in [0.29, 0.717) is 0 Å². The topological polar surface area (TPSA) is 54.4 Å². The predicted octanol–water partition coefficient (Wildman–Crippen LogP) is 2.10. The van der Waals surface area contributed by atoms with E-state index < -0.39 is 40.3 Å². The molecule has 0 unspecified atom stereocenters. The van der Waals surface area contributed by atoms with Crippen LogP contribution >= 0.6 is 0 Å². The second kappa shape index (κ2) is 4.02. The van der Waals surface area contributed by atoms with Gasteiger partial charge in [0.1, 0.15) is 0 Å². The summed E-state index contributed by atoms with van der Waals surface area (Å²) in [5.74, 6) is -1.98. The fraction of sp³-hybridized carbons (Fsp3) is 1.00. The van der Waals surface area contributed by atoms with E-state index in [1.807, 2.05) is 0 Å². The van der Waals surface area contributed by atoms with Gasteiger partial charge in [-0.3, -0.25) is 4.55 Å². The van der Waals surface area contributed by atoms with Gasteiger partial charge in [-0.25, -0.2) is 4.39 Å². The Bertz CT molecular complexity index is 326. The summed E-state index contributed by atoms with van der Waals surface area (Å²) < 4.78 is 111. The number of hydrogen-bond donors (Lipinski definition) is 1. The van der Waals surface area contributed by atoms with Crippen molar-refractivity contribution in [2.75, 3.05) is 5.75 Å². The molecule has 0 spiro atoms. The summed E-state index contributed by atoms with van der Waals surface area (Å²) in [6.07, 6.45) is -15.1. The Kier molecular flexibility index (Phi) is 3.87. The lowest BCUT2D eigenvalue weighted by Gasteiger charge is -2.29. The summed E-state index contributed by atoms with van der Waals surface area (Å²) >= 11 is 0. The average Bonchev–Trinajstić information content (AvgIpc) is 1.93. The molecular formula is C5H5F7O3S. The highest BCUT2D eigenvalue weighted by Gasteiger charge is 2.72. The average molecular weight is 278 g/mol. The first-order chi connectivity index (χ1) is 6.71. The summed E-state index contributed by atoms with van der Waals surface area (Å²) in [5.41, 5.74) is -5.66. The molecule has 0 aromatic carbocycles. The molecular weight excluding hydrogens is 273 g/mol. The largest absolute Gasteiger partial charge is 0.431 e. The molecule has 0 rings (SSSR count). The van der Waals surface area contributed by atoms with Crippen molar-refractivity contribution in [3.8, 4) is 0 Å². The van der Waals surface area contributed by atoms with E-state index in [4.69, 9.17) is 4.55 Å². The Morgan fingerprint density at radius 2 is 1.19 bits per heavy atom. The second-order valence-electron chi connectivity index (χ2n) is 2.83. The van der Waals surface area contributed by atoms with Crippen LogP contribution in [-0.4, -0.2) is 36.7 Å². The van der Waals surface area contributed by atoms with Crippen molar-refractivity contribution in [2.45, 2.75) is 24.4 Å². The van der Waals surface area contributed by atoms with Crippen LogP contribution in [0.1, 0.15) is 6.42 Å². The zero-order chi connectivity index (χ0) is 13.4. The molecule has 0 aliphatic carbocycles. The van der Waals surface area contributed by atoms with E-state index in [9.17, 15) is 39.2 Å². The first-order valence-electron chi connectivity index (χ1n) is 3.48. The van der Waals surface area contributed by atoms with Gasteiger partial charge < -0.3 is 0 Å². The molecule has 0 aliphatic rings. The molecule has 0 aromatic heterocycles. The van der Waals surface area contributed by atoms with Crippen LogP contribution in [0.15, 0.2) is 0 Å². The van der Waals surface area contributed by atoms with Crippen molar-refractivity contribution in [3.05, 3.63) is 0 Å². The molecule has 16 heavy (non-hydrogen) atoms. The second-order valence-corrected chi connectivity index (χ2v) is 4.40. The maximum atomic E-state index is 12.7. The van der Waals surface area contributed by atoms with Gasteiger partial charge in [0.25, 0.3) is 15.8 Å². The van der Waals surface area contributed by atoms with Crippen molar-refractivity contribution in [1.29, 1.82) is 0 Å². The first-order valence-corrected chi connectivity index (χ1v) is 5.09.